The van der Waals surface area contributed by atoms with Crippen LogP contribution in [0.1, 0.15) is 12.5 Å². The van der Waals surface area contributed by atoms with Gasteiger partial charge in [0.15, 0.2) is 0 Å². The minimum atomic E-state index is 0.600. The molecule has 0 amide bonds. The molecule has 1 atom stereocenters. The van der Waals surface area contributed by atoms with Gasteiger partial charge in [0.05, 0.1) is 13.2 Å². The van der Waals surface area contributed by atoms with Gasteiger partial charge in [0.1, 0.15) is 0 Å². The van der Waals surface area contributed by atoms with Gasteiger partial charge in [0, 0.05) is 32.2 Å². The maximum atomic E-state index is 5.35. The SMILES string of the molecule is CC(CNCc1ccsc1)N1CCOCC1. The fourth-order valence-corrected chi connectivity index (χ4v) is 2.63. The summed E-state index contributed by atoms with van der Waals surface area (Å²) >= 11 is 1.76. The highest BCUT2D eigenvalue weighted by atomic mass is 32.1. The van der Waals surface area contributed by atoms with Gasteiger partial charge in [-0.25, -0.2) is 0 Å². The molecule has 1 aromatic heterocycles. The van der Waals surface area contributed by atoms with Gasteiger partial charge >= 0.3 is 0 Å². The lowest BCUT2D eigenvalue weighted by molar-refractivity contribution is 0.0203. The fraction of sp³-hybridized carbons (Fsp3) is 0.667. The molecular weight excluding hydrogens is 220 g/mol. The molecule has 1 aromatic rings. The molecule has 1 aliphatic heterocycles. The second kappa shape index (κ2) is 6.35. The van der Waals surface area contributed by atoms with Gasteiger partial charge < -0.3 is 10.1 Å². The number of nitrogens with one attached hydrogen (secondary N) is 1. The number of thiophene rings is 1. The Morgan fingerprint density at radius 2 is 2.31 bits per heavy atom. The van der Waals surface area contributed by atoms with Crippen molar-refractivity contribution in [3.63, 3.8) is 0 Å². The van der Waals surface area contributed by atoms with Crippen LogP contribution >= 0.6 is 11.3 Å². The Balaban J connectivity index is 1.65. The molecule has 0 aromatic carbocycles. The van der Waals surface area contributed by atoms with Crippen molar-refractivity contribution < 1.29 is 4.74 Å². The fourth-order valence-electron chi connectivity index (χ4n) is 1.97. The maximum Gasteiger partial charge on any atom is 0.0594 e. The first-order valence-corrected chi connectivity index (χ1v) is 6.84. The molecule has 2 rings (SSSR count). The van der Waals surface area contributed by atoms with Crippen LogP contribution in [0.3, 0.4) is 0 Å². The second-order valence-electron chi connectivity index (χ2n) is 4.26. The molecule has 1 unspecified atom stereocenters. The molecule has 3 nitrogen and oxygen atoms in total. The Morgan fingerprint density at radius 3 is 3.00 bits per heavy atom. The van der Waals surface area contributed by atoms with Crippen molar-refractivity contribution >= 4 is 11.3 Å². The van der Waals surface area contributed by atoms with Crippen molar-refractivity contribution in [2.24, 2.45) is 0 Å². The van der Waals surface area contributed by atoms with Crippen LogP contribution in [0.25, 0.3) is 0 Å². The van der Waals surface area contributed by atoms with Gasteiger partial charge in [-0.2, -0.15) is 11.3 Å². The van der Waals surface area contributed by atoms with E-state index in [4.69, 9.17) is 4.74 Å². The quantitative estimate of drug-likeness (QED) is 0.845. The molecule has 0 spiro atoms. The van der Waals surface area contributed by atoms with E-state index < -0.39 is 0 Å². The van der Waals surface area contributed by atoms with Gasteiger partial charge in [-0.1, -0.05) is 0 Å². The number of morpholine rings is 1. The molecule has 0 radical (unpaired) electrons. The minimum Gasteiger partial charge on any atom is -0.379 e. The van der Waals surface area contributed by atoms with E-state index in [0.717, 1.165) is 39.4 Å². The Hall–Kier alpha value is -0.420. The predicted molar refractivity (Wildman–Crippen MR) is 67.9 cm³/mol. The van der Waals surface area contributed by atoms with E-state index in [0.29, 0.717) is 6.04 Å². The predicted octanol–water partition coefficient (Wildman–Crippen LogP) is 1.56. The molecular formula is C12H20N2OS. The van der Waals surface area contributed by atoms with Crippen molar-refractivity contribution in [2.75, 3.05) is 32.8 Å². The van der Waals surface area contributed by atoms with Crippen LogP contribution < -0.4 is 5.32 Å². The largest absolute Gasteiger partial charge is 0.379 e. The highest BCUT2D eigenvalue weighted by molar-refractivity contribution is 7.07. The lowest BCUT2D eigenvalue weighted by atomic mass is 10.2. The Morgan fingerprint density at radius 1 is 1.50 bits per heavy atom. The molecule has 4 heteroatoms. The second-order valence-corrected chi connectivity index (χ2v) is 5.04. The topological polar surface area (TPSA) is 24.5 Å². The van der Waals surface area contributed by atoms with Crippen molar-refractivity contribution in [1.29, 1.82) is 0 Å². The lowest BCUT2D eigenvalue weighted by Gasteiger charge is -2.32. The highest BCUT2D eigenvalue weighted by Gasteiger charge is 2.16. The molecule has 1 aliphatic rings. The van der Waals surface area contributed by atoms with Crippen LogP contribution in [0.4, 0.5) is 0 Å². The summed E-state index contributed by atoms with van der Waals surface area (Å²) in [6.45, 7) is 8.23. The average molecular weight is 240 g/mol. The minimum absolute atomic E-state index is 0.600. The summed E-state index contributed by atoms with van der Waals surface area (Å²) in [4.78, 5) is 2.49. The molecule has 1 N–H and O–H groups in total. The van der Waals surface area contributed by atoms with Crippen molar-refractivity contribution in [3.8, 4) is 0 Å². The third kappa shape index (κ3) is 3.56. The summed E-state index contributed by atoms with van der Waals surface area (Å²) in [5, 5.41) is 7.84. The zero-order valence-electron chi connectivity index (χ0n) is 9.82. The van der Waals surface area contributed by atoms with Gasteiger partial charge in [-0.05, 0) is 29.3 Å². The molecule has 2 heterocycles. The maximum absolute atomic E-state index is 5.35. The normalized spacial score (nSPS) is 19.8. The van der Waals surface area contributed by atoms with Gasteiger partial charge in [0.2, 0.25) is 0 Å². The van der Waals surface area contributed by atoms with Crippen LogP contribution in [0.5, 0.6) is 0 Å². The van der Waals surface area contributed by atoms with Gasteiger partial charge in [-0.3, -0.25) is 4.90 Å². The van der Waals surface area contributed by atoms with Crippen molar-refractivity contribution in [2.45, 2.75) is 19.5 Å². The van der Waals surface area contributed by atoms with Crippen molar-refractivity contribution in [3.05, 3.63) is 22.4 Å². The summed E-state index contributed by atoms with van der Waals surface area (Å²) < 4.78 is 5.35. The molecule has 0 aliphatic carbocycles. The lowest BCUT2D eigenvalue weighted by Crippen LogP contribution is -2.46. The van der Waals surface area contributed by atoms with E-state index in [2.05, 4.69) is 34.0 Å². The number of rotatable bonds is 5. The number of nitrogens with zero attached hydrogens (tertiary/aromatic N) is 1. The molecule has 1 saturated heterocycles. The molecule has 0 bridgehead atoms. The van der Waals surface area contributed by atoms with E-state index in [1.54, 1.807) is 11.3 Å². The van der Waals surface area contributed by atoms with E-state index >= 15 is 0 Å². The first-order chi connectivity index (χ1) is 7.86. The molecule has 90 valence electrons. The smallest absolute Gasteiger partial charge is 0.0594 e. The van der Waals surface area contributed by atoms with E-state index in [1.165, 1.54) is 5.56 Å². The molecule has 16 heavy (non-hydrogen) atoms. The van der Waals surface area contributed by atoms with Gasteiger partial charge in [0.25, 0.3) is 0 Å². The number of hydrogen-bond donors (Lipinski definition) is 1. The van der Waals surface area contributed by atoms with Crippen LogP contribution in [0.15, 0.2) is 16.8 Å². The van der Waals surface area contributed by atoms with Crippen LogP contribution in [-0.4, -0.2) is 43.8 Å². The monoisotopic (exact) mass is 240 g/mol. The van der Waals surface area contributed by atoms with E-state index in [1.807, 2.05) is 0 Å². The summed E-state index contributed by atoms with van der Waals surface area (Å²) in [5.41, 5.74) is 1.39. The van der Waals surface area contributed by atoms with E-state index in [9.17, 15) is 0 Å². The Kier molecular flexibility index (Phi) is 4.78. The number of hydrogen-bond acceptors (Lipinski definition) is 4. The summed E-state index contributed by atoms with van der Waals surface area (Å²) in [5.74, 6) is 0. The van der Waals surface area contributed by atoms with Crippen LogP contribution in [0.2, 0.25) is 0 Å². The molecule has 0 saturated carbocycles. The first-order valence-electron chi connectivity index (χ1n) is 5.90. The van der Waals surface area contributed by atoms with Crippen molar-refractivity contribution in [1.82, 2.24) is 10.2 Å². The highest BCUT2D eigenvalue weighted by Crippen LogP contribution is 2.06. The Labute approximate surface area is 101 Å². The zero-order chi connectivity index (χ0) is 11.2. The first kappa shape index (κ1) is 12.0. The number of ether oxygens (including phenoxy) is 1. The third-order valence-corrected chi connectivity index (χ3v) is 3.75. The third-order valence-electron chi connectivity index (χ3n) is 3.02. The zero-order valence-corrected chi connectivity index (χ0v) is 10.6. The van der Waals surface area contributed by atoms with E-state index in [-0.39, 0.29) is 0 Å². The summed E-state index contributed by atoms with van der Waals surface area (Å²) in [7, 11) is 0. The standard InChI is InChI=1S/C12H20N2OS/c1-11(14-3-5-15-6-4-14)8-13-9-12-2-7-16-10-12/h2,7,10-11,13H,3-6,8-9H2,1H3. The van der Waals surface area contributed by atoms with Crippen LogP contribution in [0, 0.1) is 0 Å². The average Bonchev–Trinajstić information content (AvgIpc) is 2.83. The summed E-state index contributed by atoms with van der Waals surface area (Å²) in [6.07, 6.45) is 0. The Bertz CT molecular complexity index is 283. The summed E-state index contributed by atoms with van der Waals surface area (Å²) in [6, 6.07) is 2.78. The molecule has 1 fully saturated rings. The van der Waals surface area contributed by atoms with Crippen LogP contribution in [-0.2, 0) is 11.3 Å². The van der Waals surface area contributed by atoms with Gasteiger partial charge in [-0.15, -0.1) is 0 Å².